The number of nitrogens with two attached hydrogens (primary N) is 1. The molecule has 0 aliphatic heterocycles. The molecule has 6 heteroatoms. The van der Waals surface area contributed by atoms with E-state index in [2.05, 4.69) is 0 Å². The highest BCUT2D eigenvalue weighted by molar-refractivity contribution is 7.99. The smallest absolute Gasteiger partial charge is 0.338 e. The number of rotatable bonds is 5. The van der Waals surface area contributed by atoms with Crippen LogP contribution in [0.25, 0.3) is 6.08 Å². The Morgan fingerprint density at radius 3 is 2.59 bits per heavy atom. The lowest BCUT2D eigenvalue weighted by Gasteiger charge is -2.09. The van der Waals surface area contributed by atoms with Gasteiger partial charge in [0.15, 0.2) is 0 Å². The fourth-order valence-electron chi connectivity index (χ4n) is 1.71. The molecule has 2 amide bonds. The van der Waals surface area contributed by atoms with Crippen LogP contribution in [-0.4, -0.2) is 22.8 Å². The SMILES string of the molecule is NC(=O)N(O)C/C=C/c1ccccc1Sc1ccc(Cl)cc1. The van der Waals surface area contributed by atoms with Crippen LogP contribution in [-0.2, 0) is 0 Å². The number of primary amides is 1. The second-order valence-electron chi connectivity index (χ2n) is 4.42. The molecule has 0 saturated carbocycles. The monoisotopic (exact) mass is 334 g/mol. The molecular weight excluding hydrogens is 320 g/mol. The van der Waals surface area contributed by atoms with E-state index in [1.54, 1.807) is 17.8 Å². The molecule has 0 saturated heterocycles. The third-order valence-electron chi connectivity index (χ3n) is 2.79. The van der Waals surface area contributed by atoms with Crippen LogP contribution in [0.2, 0.25) is 5.02 Å². The van der Waals surface area contributed by atoms with E-state index in [0.717, 1.165) is 15.4 Å². The highest BCUT2D eigenvalue weighted by atomic mass is 35.5. The van der Waals surface area contributed by atoms with E-state index in [1.807, 2.05) is 54.6 Å². The van der Waals surface area contributed by atoms with Crippen molar-refractivity contribution in [2.24, 2.45) is 5.73 Å². The summed E-state index contributed by atoms with van der Waals surface area (Å²) >= 11 is 7.49. The van der Waals surface area contributed by atoms with E-state index in [-0.39, 0.29) is 6.54 Å². The second kappa shape index (κ2) is 7.89. The summed E-state index contributed by atoms with van der Waals surface area (Å²) in [5, 5.41) is 10.4. The van der Waals surface area contributed by atoms with Crippen LogP contribution in [0.5, 0.6) is 0 Å². The topological polar surface area (TPSA) is 66.6 Å². The number of amides is 2. The van der Waals surface area contributed by atoms with E-state index in [9.17, 15) is 10.0 Å². The number of hydrogen-bond acceptors (Lipinski definition) is 3. The zero-order valence-electron chi connectivity index (χ0n) is 11.6. The van der Waals surface area contributed by atoms with Crippen LogP contribution >= 0.6 is 23.4 Å². The van der Waals surface area contributed by atoms with Gasteiger partial charge in [0, 0.05) is 14.8 Å². The van der Waals surface area contributed by atoms with Crippen LogP contribution in [0.3, 0.4) is 0 Å². The predicted molar refractivity (Wildman–Crippen MR) is 89.1 cm³/mol. The van der Waals surface area contributed by atoms with Gasteiger partial charge in [-0.2, -0.15) is 0 Å². The van der Waals surface area contributed by atoms with Crippen LogP contribution in [0.15, 0.2) is 64.4 Å². The molecule has 0 aromatic heterocycles. The molecule has 0 fully saturated rings. The Balaban J connectivity index is 2.11. The van der Waals surface area contributed by atoms with Crippen molar-refractivity contribution in [1.82, 2.24) is 5.06 Å². The average molecular weight is 335 g/mol. The van der Waals surface area contributed by atoms with E-state index in [1.165, 1.54) is 0 Å². The lowest BCUT2D eigenvalue weighted by Crippen LogP contribution is -2.32. The van der Waals surface area contributed by atoms with Gasteiger partial charge in [0.2, 0.25) is 0 Å². The van der Waals surface area contributed by atoms with E-state index >= 15 is 0 Å². The van der Waals surface area contributed by atoms with Crippen molar-refractivity contribution >= 4 is 35.5 Å². The summed E-state index contributed by atoms with van der Waals surface area (Å²) in [6.07, 6.45) is 3.51. The first kappa shape index (κ1) is 16.4. The average Bonchev–Trinajstić information content (AvgIpc) is 2.51. The summed E-state index contributed by atoms with van der Waals surface area (Å²) in [7, 11) is 0. The molecule has 22 heavy (non-hydrogen) atoms. The Bertz CT molecular complexity index is 674. The molecule has 0 unspecified atom stereocenters. The zero-order chi connectivity index (χ0) is 15.9. The first-order valence-electron chi connectivity index (χ1n) is 6.51. The van der Waals surface area contributed by atoms with Gasteiger partial charge in [0.05, 0.1) is 6.54 Å². The van der Waals surface area contributed by atoms with Crippen LogP contribution in [0.4, 0.5) is 4.79 Å². The number of hydroxylamine groups is 2. The molecule has 0 heterocycles. The summed E-state index contributed by atoms with van der Waals surface area (Å²) in [5.74, 6) is 0. The summed E-state index contributed by atoms with van der Waals surface area (Å²) in [5.41, 5.74) is 5.93. The Kier molecular flexibility index (Phi) is 5.89. The van der Waals surface area contributed by atoms with E-state index < -0.39 is 6.03 Å². The van der Waals surface area contributed by atoms with E-state index in [4.69, 9.17) is 17.3 Å². The third-order valence-corrected chi connectivity index (χ3v) is 4.14. The van der Waals surface area contributed by atoms with Gasteiger partial charge in [0.1, 0.15) is 0 Å². The van der Waals surface area contributed by atoms with Gasteiger partial charge < -0.3 is 5.73 Å². The zero-order valence-corrected chi connectivity index (χ0v) is 13.2. The lowest BCUT2D eigenvalue weighted by molar-refractivity contribution is -0.0286. The van der Waals surface area contributed by atoms with Crippen molar-refractivity contribution in [3.8, 4) is 0 Å². The standard InChI is InChI=1S/C16H15ClN2O2S/c17-13-7-9-14(10-8-13)22-15-6-2-1-4-12(15)5-3-11-19(21)16(18)20/h1-10,21H,11H2,(H2,18,20)/b5-3+. The van der Waals surface area contributed by atoms with Crippen molar-refractivity contribution in [2.45, 2.75) is 9.79 Å². The van der Waals surface area contributed by atoms with Crippen molar-refractivity contribution in [3.63, 3.8) is 0 Å². The number of nitrogens with zero attached hydrogens (tertiary/aromatic N) is 1. The minimum Gasteiger partial charge on any atom is -0.350 e. The molecule has 0 radical (unpaired) electrons. The highest BCUT2D eigenvalue weighted by Gasteiger charge is 2.04. The molecule has 2 rings (SSSR count). The Labute approximate surface area is 138 Å². The van der Waals surface area contributed by atoms with Gasteiger partial charge in [-0.15, -0.1) is 0 Å². The summed E-state index contributed by atoms with van der Waals surface area (Å²) < 4.78 is 0. The van der Waals surface area contributed by atoms with Crippen molar-refractivity contribution < 1.29 is 10.0 Å². The Hall–Kier alpha value is -1.95. The fraction of sp³-hybridized carbons (Fsp3) is 0.0625. The quantitative estimate of drug-likeness (QED) is 0.633. The molecule has 0 aliphatic carbocycles. The maximum Gasteiger partial charge on any atom is 0.338 e. The van der Waals surface area contributed by atoms with Crippen molar-refractivity contribution in [3.05, 3.63) is 65.2 Å². The Morgan fingerprint density at radius 2 is 1.91 bits per heavy atom. The Morgan fingerprint density at radius 1 is 1.23 bits per heavy atom. The molecule has 0 atom stereocenters. The van der Waals surface area contributed by atoms with Crippen LogP contribution in [0.1, 0.15) is 5.56 Å². The molecule has 2 aromatic carbocycles. The van der Waals surface area contributed by atoms with Gasteiger partial charge in [-0.25, -0.2) is 9.86 Å². The number of carbonyl (C=O) groups is 1. The molecule has 0 spiro atoms. The highest BCUT2D eigenvalue weighted by Crippen LogP contribution is 2.31. The van der Waals surface area contributed by atoms with Crippen molar-refractivity contribution in [2.75, 3.05) is 6.54 Å². The van der Waals surface area contributed by atoms with Crippen molar-refractivity contribution in [1.29, 1.82) is 0 Å². The second-order valence-corrected chi connectivity index (χ2v) is 5.97. The maximum atomic E-state index is 10.7. The molecule has 114 valence electrons. The first-order chi connectivity index (χ1) is 10.6. The number of hydrogen-bond donors (Lipinski definition) is 2. The lowest BCUT2D eigenvalue weighted by atomic mass is 10.2. The van der Waals surface area contributed by atoms with Gasteiger partial charge in [-0.3, -0.25) is 5.21 Å². The summed E-state index contributed by atoms with van der Waals surface area (Å²) in [6.45, 7) is 0.0370. The third kappa shape index (κ3) is 4.80. The predicted octanol–water partition coefficient (Wildman–Crippen LogP) is 4.27. The number of halogens is 1. The maximum absolute atomic E-state index is 10.7. The van der Waals surface area contributed by atoms with Crippen LogP contribution < -0.4 is 5.73 Å². The molecule has 0 aliphatic rings. The molecule has 3 N–H and O–H groups in total. The molecule has 0 bridgehead atoms. The normalized spacial score (nSPS) is 10.8. The molecular formula is C16H15ClN2O2S. The minimum absolute atomic E-state index is 0.0370. The van der Waals surface area contributed by atoms with Gasteiger partial charge in [-0.1, -0.05) is 53.7 Å². The molecule has 2 aromatic rings. The summed E-state index contributed by atoms with van der Waals surface area (Å²) in [4.78, 5) is 12.9. The summed E-state index contributed by atoms with van der Waals surface area (Å²) in [6, 6.07) is 14.6. The van der Waals surface area contributed by atoms with E-state index in [0.29, 0.717) is 10.1 Å². The van der Waals surface area contributed by atoms with Gasteiger partial charge >= 0.3 is 6.03 Å². The fourth-order valence-corrected chi connectivity index (χ4v) is 2.76. The number of carbonyl (C=O) groups excluding carboxylic acids is 1. The molecule has 4 nitrogen and oxygen atoms in total. The van der Waals surface area contributed by atoms with Gasteiger partial charge in [0.25, 0.3) is 0 Å². The minimum atomic E-state index is -0.881. The van der Waals surface area contributed by atoms with Gasteiger partial charge in [-0.05, 0) is 35.9 Å². The number of benzene rings is 2. The van der Waals surface area contributed by atoms with Crippen LogP contribution in [0, 0.1) is 0 Å². The first-order valence-corrected chi connectivity index (χ1v) is 7.70. The number of urea groups is 1. The largest absolute Gasteiger partial charge is 0.350 e.